The molecule has 1 aliphatic carbocycles. The summed E-state index contributed by atoms with van der Waals surface area (Å²) < 4.78 is 11.7. The summed E-state index contributed by atoms with van der Waals surface area (Å²) in [5.41, 5.74) is 5.68. The number of hydrogen-bond acceptors (Lipinski definition) is 3. The molecule has 98 valence electrons. The highest BCUT2D eigenvalue weighted by Crippen LogP contribution is 2.47. The Hall–Kier alpha value is -0.810. The molecule has 2 aliphatic rings. The second-order valence-electron chi connectivity index (χ2n) is 4.98. The zero-order chi connectivity index (χ0) is 12.5. The van der Waals surface area contributed by atoms with Crippen LogP contribution in [0.3, 0.4) is 0 Å². The van der Waals surface area contributed by atoms with Crippen molar-refractivity contribution in [1.29, 1.82) is 0 Å². The molecule has 5 nitrogen and oxygen atoms in total. The Kier molecular flexibility index (Phi) is 3.58. The highest BCUT2D eigenvalue weighted by atomic mass is 16.6. The predicted molar refractivity (Wildman–Crippen MR) is 67.0 cm³/mol. The van der Waals surface area contributed by atoms with E-state index in [1.165, 1.54) is 0 Å². The van der Waals surface area contributed by atoms with Gasteiger partial charge in [0.25, 0.3) is 0 Å². The largest absolute Gasteiger partial charge is 0.375 e. The molecule has 0 radical (unpaired) electrons. The molecule has 5 heteroatoms. The molecular weight excluding hydrogens is 218 g/mol. The molecule has 1 saturated carbocycles. The summed E-state index contributed by atoms with van der Waals surface area (Å²) in [6, 6.07) is 0.156. The minimum Gasteiger partial charge on any atom is -0.375 e. The minimum atomic E-state index is -0.198. The molecule has 2 fully saturated rings. The van der Waals surface area contributed by atoms with Crippen molar-refractivity contribution in [3.8, 4) is 0 Å². The van der Waals surface area contributed by atoms with E-state index in [-0.39, 0.29) is 17.7 Å². The number of rotatable bonds is 3. The fourth-order valence-electron chi connectivity index (χ4n) is 2.70. The number of ether oxygens (including phenoxy) is 2. The van der Waals surface area contributed by atoms with E-state index in [0.29, 0.717) is 5.96 Å². The van der Waals surface area contributed by atoms with Gasteiger partial charge >= 0.3 is 0 Å². The summed E-state index contributed by atoms with van der Waals surface area (Å²) in [5, 5.41) is 0. The van der Waals surface area contributed by atoms with Crippen LogP contribution in [0.25, 0.3) is 0 Å². The Morgan fingerprint density at radius 2 is 2.35 bits per heavy atom. The van der Waals surface area contributed by atoms with Crippen LogP contribution in [0.4, 0.5) is 0 Å². The molecule has 3 atom stereocenters. The third kappa shape index (κ3) is 2.13. The quantitative estimate of drug-likeness (QED) is 0.580. The second-order valence-corrected chi connectivity index (χ2v) is 4.98. The van der Waals surface area contributed by atoms with Gasteiger partial charge in [-0.1, -0.05) is 0 Å². The van der Waals surface area contributed by atoms with Crippen LogP contribution < -0.4 is 5.73 Å². The van der Waals surface area contributed by atoms with Gasteiger partial charge in [-0.2, -0.15) is 0 Å². The first-order valence-electron chi connectivity index (χ1n) is 6.36. The SMILES string of the molecule is CCO[C@@H]1C[C@@H](N=C(N)N(C)C)[C@]12CCCO2. The maximum absolute atomic E-state index is 5.93. The van der Waals surface area contributed by atoms with Gasteiger partial charge in [-0.05, 0) is 19.8 Å². The van der Waals surface area contributed by atoms with E-state index >= 15 is 0 Å². The lowest BCUT2D eigenvalue weighted by Gasteiger charge is -2.50. The van der Waals surface area contributed by atoms with Crippen LogP contribution in [0.2, 0.25) is 0 Å². The van der Waals surface area contributed by atoms with Crippen molar-refractivity contribution in [3.05, 3.63) is 0 Å². The molecule has 0 bridgehead atoms. The van der Waals surface area contributed by atoms with Crippen molar-refractivity contribution >= 4 is 5.96 Å². The van der Waals surface area contributed by atoms with E-state index in [4.69, 9.17) is 15.2 Å². The normalized spacial score (nSPS) is 37.2. The first kappa shape index (κ1) is 12.6. The van der Waals surface area contributed by atoms with E-state index in [0.717, 1.165) is 32.5 Å². The summed E-state index contributed by atoms with van der Waals surface area (Å²) in [7, 11) is 3.80. The van der Waals surface area contributed by atoms with Gasteiger partial charge < -0.3 is 20.1 Å². The third-order valence-electron chi connectivity index (χ3n) is 3.74. The Bertz CT molecular complexity index is 298. The lowest BCUT2D eigenvalue weighted by Crippen LogP contribution is -2.63. The fourth-order valence-corrected chi connectivity index (χ4v) is 2.70. The van der Waals surface area contributed by atoms with Crippen molar-refractivity contribution < 1.29 is 9.47 Å². The lowest BCUT2D eigenvalue weighted by atomic mass is 9.70. The molecule has 17 heavy (non-hydrogen) atoms. The van der Waals surface area contributed by atoms with Gasteiger partial charge in [0.2, 0.25) is 0 Å². The van der Waals surface area contributed by atoms with Crippen LogP contribution in [0.1, 0.15) is 26.2 Å². The van der Waals surface area contributed by atoms with Gasteiger partial charge in [0.1, 0.15) is 5.60 Å². The standard InChI is InChI=1S/C12H23N3O2/c1-4-16-10-8-9(14-11(13)15(2)3)12(10)6-5-7-17-12/h9-10H,4-8H2,1-3H3,(H2,13,14)/t9-,10-,12-/m1/s1. The van der Waals surface area contributed by atoms with Crippen LogP contribution in [-0.4, -0.2) is 55.9 Å². The zero-order valence-corrected chi connectivity index (χ0v) is 11.0. The first-order chi connectivity index (χ1) is 8.10. The highest BCUT2D eigenvalue weighted by Gasteiger charge is 2.59. The number of nitrogens with two attached hydrogens (primary N) is 1. The van der Waals surface area contributed by atoms with Crippen molar-refractivity contribution in [2.24, 2.45) is 10.7 Å². The molecule has 1 heterocycles. The number of nitrogens with zero attached hydrogens (tertiary/aromatic N) is 2. The summed E-state index contributed by atoms with van der Waals surface area (Å²) in [5.74, 6) is 0.569. The molecule has 1 saturated heterocycles. The van der Waals surface area contributed by atoms with Crippen LogP contribution in [0, 0.1) is 0 Å². The van der Waals surface area contributed by atoms with Gasteiger partial charge in [-0.3, -0.25) is 0 Å². The van der Waals surface area contributed by atoms with E-state index < -0.39 is 0 Å². The average Bonchev–Trinajstić information content (AvgIpc) is 2.79. The van der Waals surface area contributed by atoms with E-state index in [1.54, 1.807) is 0 Å². The average molecular weight is 241 g/mol. The topological polar surface area (TPSA) is 60.1 Å². The maximum atomic E-state index is 5.93. The molecule has 1 aliphatic heterocycles. The van der Waals surface area contributed by atoms with Crippen LogP contribution in [0.5, 0.6) is 0 Å². The first-order valence-corrected chi connectivity index (χ1v) is 6.36. The lowest BCUT2D eigenvalue weighted by molar-refractivity contribution is -0.189. The molecule has 0 amide bonds. The smallest absolute Gasteiger partial charge is 0.191 e. The maximum Gasteiger partial charge on any atom is 0.191 e. The Morgan fingerprint density at radius 3 is 2.88 bits per heavy atom. The van der Waals surface area contributed by atoms with Gasteiger partial charge in [-0.15, -0.1) is 0 Å². The summed E-state index contributed by atoms with van der Waals surface area (Å²) in [6.07, 6.45) is 3.24. The van der Waals surface area contributed by atoms with Gasteiger partial charge in [0.15, 0.2) is 5.96 Å². The molecule has 2 N–H and O–H groups in total. The third-order valence-corrected chi connectivity index (χ3v) is 3.74. The summed E-state index contributed by atoms with van der Waals surface area (Å²) in [6.45, 7) is 3.57. The molecule has 0 unspecified atom stereocenters. The number of hydrogen-bond donors (Lipinski definition) is 1. The van der Waals surface area contributed by atoms with Crippen LogP contribution >= 0.6 is 0 Å². The van der Waals surface area contributed by atoms with Crippen LogP contribution in [0.15, 0.2) is 4.99 Å². The predicted octanol–water partition coefficient (Wildman–Crippen LogP) is 0.589. The Balaban J connectivity index is 2.08. The number of guanidine groups is 1. The molecule has 1 spiro atoms. The van der Waals surface area contributed by atoms with Crippen molar-refractivity contribution in [1.82, 2.24) is 4.90 Å². The molecule has 2 rings (SSSR count). The second kappa shape index (κ2) is 4.82. The van der Waals surface area contributed by atoms with Gasteiger partial charge in [0.05, 0.1) is 12.1 Å². The van der Waals surface area contributed by atoms with E-state index in [2.05, 4.69) is 4.99 Å². The Labute approximate surface area is 103 Å². The van der Waals surface area contributed by atoms with Crippen molar-refractivity contribution in [2.45, 2.75) is 43.9 Å². The molecule has 0 aromatic rings. The zero-order valence-electron chi connectivity index (χ0n) is 11.0. The molecule has 0 aromatic heterocycles. The van der Waals surface area contributed by atoms with Gasteiger partial charge in [0, 0.05) is 33.7 Å². The van der Waals surface area contributed by atoms with Crippen molar-refractivity contribution in [2.75, 3.05) is 27.3 Å². The van der Waals surface area contributed by atoms with Crippen LogP contribution in [-0.2, 0) is 9.47 Å². The van der Waals surface area contributed by atoms with E-state index in [1.807, 2.05) is 25.9 Å². The van der Waals surface area contributed by atoms with Crippen molar-refractivity contribution in [3.63, 3.8) is 0 Å². The fraction of sp³-hybridized carbons (Fsp3) is 0.917. The minimum absolute atomic E-state index is 0.156. The summed E-state index contributed by atoms with van der Waals surface area (Å²) >= 11 is 0. The molecular formula is C12H23N3O2. The number of aliphatic imine (C=N–C) groups is 1. The van der Waals surface area contributed by atoms with E-state index in [9.17, 15) is 0 Å². The van der Waals surface area contributed by atoms with Gasteiger partial charge in [-0.25, -0.2) is 4.99 Å². The summed E-state index contributed by atoms with van der Waals surface area (Å²) in [4.78, 5) is 6.39. The Morgan fingerprint density at radius 1 is 1.59 bits per heavy atom. The monoisotopic (exact) mass is 241 g/mol. The highest BCUT2D eigenvalue weighted by molar-refractivity contribution is 5.77. The molecule has 0 aromatic carbocycles.